The van der Waals surface area contributed by atoms with E-state index in [0.717, 1.165) is 0 Å². The fourth-order valence-corrected chi connectivity index (χ4v) is 3.09. The molecular formula is C16H18N5O7P. The number of anilines is 1. The van der Waals surface area contributed by atoms with Gasteiger partial charge in [0.1, 0.15) is 30.8 Å². The number of hydrogen-bond acceptors (Lipinski definition) is 10. The molecule has 12 nitrogen and oxygen atoms in total. The average molecular weight is 423 g/mol. The van der Waals surface area contributed by atoms with Crippen LogP contribution in [0.2, 0.25) is 0 Å². The minimum absolute atomic E-state index is 0.0134. The van der Waals surface area contributed by atoms with Crippen LogP contribution in [0.4, 0.5) is 5.82 Å². The first kappa shape index (κ1) is 20.5. The Labute approximate surface area is 164 Å². The van der Waals surface area contributed by atoms with Gasteiger partial charge in [-0.25, -0.2) is 19.5 Å². The van der Waals surface area contributed by atoms with Crippen molar-refractivity contribution in [3.8, 4) is 11.5 Å². The van der Waals surface area contributed by atoms with Crippen molar-refractivity contribution in [1.82, 2.24) is 19.7 Å². The highest BCUT2D eigenvalue weighted by molar-refractivity contribution is 7.53. The first-order chi connectivity index (χ1) is 13.8. The molecule has 13 heteroatoms. The Hall–Kier alpha value is -3.21. The number of esters is 1. The lowest BCUT2D eigenvalue weighted by atomic mass is 10.3. The van der Waals surface area contributed by atoms with E-state index < -0.39 is 19.9 Å². The third-order valence-corrected chi connectivity index (χ3v) is 4.38. The molecule has 0 saturated heterocycles. The number of nitrogens with two attached hydrogens (primary N) is 1. The number of benzene rings is 1. The number of rotatable bonds is 9. The second kappa shape index (κ2) is 8.86. The van der Waals surface area contributed by atoms with Crippen LogP contribution < -0.4 is 19.8 Å². The predicted molar refractivity (Wildman–Crippen MR) is 100 cm³/mol. The third-order valence-electron chi connectivity index (χ3n) is 3.38. The Morgan fingerprint density at radius 3 is 2.62 bits per heavy atom. The molecule has 0 fully saturated rings. The summed E-state index contributed by atoms with van der Waals surface area (Å²) in [4.78, 5) is 38.1. The molecule has 1 unspecified atom stereocenters. The van der Waals surface area contributed by atoms with Gasteiger partial charge in [0.15, 0.2) is 17.7 Å². The van der Waals surface area contributed by atoms with Gasteiger partial charge in [-0.3, -0.25) is 4.79 Å². The summed E-state index contributed by atoms with van der Waals surface area (Å²) in [5.74, 6) is 0.188. The number of hydrogen-bond donors (Lipinski definition) is 2. The summed E-state index contributed by atoms with van der Waals surface area (Å²) in [5.41, 5.74) is 6.48. The standard InChI is InChI=1S/C16H18N5O7P/c1-11(22)27-12-2-4-13(5-3-12)28-29(23,24)10-25-6-7-26-21-9-20-14-15(17)18-8-19-16(14)21/h2-5,8-9H,6-7,10H2,1H3,(H,23,24)(H2,17,18,19). The average Bonchev–Trinajstić information content (AvgIpc) is 3.07. The molecule has 0 radical (unpaired) electrons. The van der Waals surface area contributed by atoms with Crippen molar-refractivity contribution in [3.63, 3.8) is 0 Å². The van der Waals surface area contributed by atoms with Crippen LogP contribution in [0.5, 0.6) is 11.5 Å². The second-order valence-corrected chi connectivity index (χ2v) is 7.38. The van der Waals surface area contributed by atoms with E-state index >= 15 is 0 Å². The van der Waals surface area contributed by atoms with Crippen LogP contribution >= 0.6 is 7.60 Å². The molecule has 3 N–H and O–H groups in total. The highest BCUT2D eigenvalue weighted by Gasteiger charge is 2.21. The molecule has 0 aliphatic rings. The van der Waals surface area contributed by atoms with Crippen LogP contribution in [0.1, 0.15) is 6.92 Å². The minimum atomic E-state index is -4.04. The Bertz CT molecular complexity index is 1040. The zero-order valence-corrected chi connectivity index (χ0v) is 16.2. The van der Waals surface area contributed by atoms with Crippen LogP contribution in [-0.4, -0.2) is 50.1 Å². The quantitative estimate of drug-likeness (QED) is 0.219. The lowest BCUT2D eigenvalue weighted by Gasteiger charge is -2.14. The number of nitrogens with zero attached hydrogens (tertiary/aromatic N) is 4. The number of fused-ring (bicyclic) bond motifs is 1. The van der Waals surface area contributed by atoms with E-state index in [2.05, 4.69) is 15.0 Å². The molecule has 3 aromatic rings. The Morgan fingerprint density at radius 2 is 1.90 bits per heavy atom. The van der Waals surface area contributed by atoms with Gasteiger partial charge in [-0.2, -0.15) is 4.73 Å². The molecule has 154 valence electrons. The topological polar surface area (TPSA) is 161 Å². The number of imidazole rings is 1. The summed E-state index contributed by atoms with van der Waals surface area (Å²) < 4.78 is 28.5. The summed E-state index contributed by atoms with van der Waals surface area (Å²) in [6.45, 7) is 1.35. The van der Waals surface area contributed by atoms with Gasteiger partial charge in [-0.15, -0.1) is 0 Å². The van der Waals surface area contributed by atoms with Crippen molar-refractivity contribution in [2.45, 2.75) is 6.92 Å². The first-order valence-electron chi connectivity index (χ1n) is 8.28. The maximum Gasteiger partial charge on any atom is 0.402 e. The lowest BCUT2D eigenvalue weighted by molar-refractivity contribution is -0.131. The number of ether oxygens (including phenoxy) is 2. The van der Waals surface area contributed by atoms with Crippen molar-refractivity contribution >= 4 is 30.5 Å². The van der Waals surface area contributed by atoms with Crippen LogP contribution in [0.25, 0.3) is 11.2 Å². The SMILES string of the molecule is CC(=O)Oc1ccc(OP(=O)(O)COCCOn2cnc3c(N)ncnc32)cc1. The van der Waals surface area contributed by atoms with Crippen molar-refractivity contribution in [1.29, 1.82) is 0 Å². The van der Waals surface area contributed by atoms with Gasteiger partial charge in [0.25, 0.3) is 0 Å². The van der Waals surface area contributed by atoms with Gasteiger partial charge in [0.2, 0.25) is 5.65 Å². The molecular weight excluding hydrogens is 405 g/mol. The van der Waals surface area contributed by atoms with Crippen LogP contribution in [-0.2, 0) is 14.1 Å². The van der Waals surface area contributed by atoms with Crippen molar-refractivity contribution < 1.29 is 33.1 Å². The maximum atomic E-state index is 12.1. The third kappa shape index (κ3) is 5.64. The largest absolute Gasteiger partial charge is 0.427 e. The highest BCUT2D eigenvalue weighted by Crippen LogP contribution is 2.42. The number of carbonyl (C=O) groups is 1. The van der Waals surface area contributed by atoms with E-state index in [0.29, 0.717) is 16.9 Å². The summed E-state index contributed by atoms with van der Waals surface area (Å²) in [6, 6.07) is 5.69. The molecule has 1 atom stereocenters. The molecule has 0 saturated carbocycles. The normalized spacial score (nSPS) is 13.0. The highest BCUT2D eigenvalue weighted by atomic mass is 31.2. The Kier molecular flexibility index (Phi) is 6.27. The van der Waals surface area contributed by atoms with E-state index in [-0.39, 0.29) is 24.8 Å². The van der Waals surface area contributed by atoms with Crippen molar-refractivity contribution in [3.05, 3.63) is 36.9 Å². The van der Waals surface area contributed by atoms with Crippen molar-refractivity contribution in [2.75, 3.05) is 25.3 Å². The van der Waals surface area contributed by atoms with Crippen molar-refractivity contribution in [2.24, 2.45) is 0 Å². The molecule has 3 rings (SSSR count). The zero-order chi connectivity index (χ0) is 20.9. The minimum Gasteiger partial charge on any atom is -0.427 e. The monoisotopic (exact) mass is 423 g/mol. The fraction of sp³-hybridized carbons (Fsp3) is 0.250. The van der Waals surface area contributed by atoms with E-state index in [1.807, 2.05) is 0 Å². The van der Waals surface area contributed by atoms with Crippen LogP contribution in [0.15, 0.2) is 36.9 Å². The smallest absolute Gasteiger partial charge is 0.402 e. The van der Waals surface area contributed by atoms with E-state index in [1.165, 1.54) is 48.6 Å². The second-order valence-electron chi connectivity index (χ2n) is 5.67. The van der Waals surface area contributed by atoms with Gasteiger partial charge in [0, 0.05) is 6.92 Å². The van der Waals surface area contributed by atoms with Gasteiger partial charge in [0.05, 0.1) is 6.61 Å². The Morgan fingerprint density at radius 1 is 1.17 bits per heavy atom. The van der Waals surface area contributed by atoms with Gasteiger partial charge in [-0.05, 0) is 24.3 Å². The van der Waals surface area contributed by atoms with Gasteiger partial charge >= 0.3 is 13.6 Å². The predicted octanol–water partition coefficient (Wildman–Crippen LogP) is 1.00. The Balaban J connectivity index is 1.43. The maximum absolute atomic E-state index is 12.1. The van der Waals surface area contributed by atoms with E-state index in [9.17, 15) is 14.3 Å². The van der Waals surface area contributed by atoms with Crippen LogP contribution in [0, 0.1) is 0 Å². The number of nitrogen functional groups attached to an aromatic ring is 1. The molecule has 0 bridgehead atoms. The summed E-state index contributed by atoms with van der Waals surface area (Å²) in [7, 11) is -4.04. The van der Waals surface area contributed by atoms with Crippen LogP contribution in [0.3, 0.4) is 0 Å². The van der Waals surface area contributed by atoms with Gasteiger partial charge in [-0.1, -0.05) is 0 Å². The summed E-state index contributed by atoms with van der Waals surface area (Å²) in [6.07, 6.45) is 2.13. The molecule has 0 amide bonds. The number of carbonyl (C=O) groups excluding carboxylic acids is 1. The summed E-state index contributed by atoms with van der Waals surface area (Å²) in [5, 5.41) is 0. The molecule has 0 aliphatic carbocycles. The number of aromatic nitrogens is 4. The molecule has 29 heavy (non-hydrogen) atoms. The van der Waals surface area contributed by atoms with E-state index in [4.69, 9.17) is 24.6 Å². The lowest BCUT2D eigenvalue weighted by Crippen LogP contribution is -2.17. The van der Waals surface area contributed by atoms with Gasteiger partial charge < -0.3 is 29.5 Å². The molecule has 2 heterocycles. The fourth-order valence-electron chi connectivity index (χ4n) is 2.23. The zero-order valence-electron chi connectivity index (χ0n) is 15.3. The first-order valence-corrected chi connectivity index (χ1v) is 10.0. The molecule has 0 spiro atoms. The molecule has 0 aliphatic heterocycles. The summed E-state index contributed by atoms with van der Waals surface area (Å²) >= 11 is 0. The van der Waals surface area contributed by atoms with E-state index in [1.54, 1.807) is 0 Å². The molecule has 2 aromatic heterocycles. The molecule has 1 aromatic carbocycles.